The highest BCUT2D eigenvalue weighted by molar-refractivity contribution is 5.80. The summed E-state index contributed by atoms with van der Waals surface area (Å²) in [6.07, 6.45) is 5.16. The fourth-order valence-corrected chi connectivity index (χ4v) is 2.43. The van der Waals surface area contributed by atoms with Gasteiger partial charge in [-0.2, -0.15) is 0 Å². The first-order chi connectivity index (χ1) is 12.0. The second-order valence-corrected chi connectivity index (χ2v) is 5.77. The van der Waals surface area contributed by atoms with E-state index in [0.717, 1.165) is 43.5 Å². The van der Waals surface area contributed by atoms with Gasteiger partial charge in [0, 0.05) is 0 Å². The van der Waals surface area contributed by atoms with Crippen molar-refractivity contribution in [1.29, 1.82) is 0 Å². The summed E-state index contributed by atoms with van der Waals surface area (Å²) < 4.78 is 0. The van der Waals surface area contributed by atoms with Gasteiger partial charge in [-0.15, -0.1) is 10.2 Å². The van der Waals surface area contributed by atoms with Gasteiger partial charge in [0.1, 0.15) is 0 Å². The first kappa shape index (κ1) is 20.8. The van der Waals surface area contributed by atoms with E-state index in [9.17, 15) is 14.8 Å². The minimum Gasteiger partial charge on any atom is -0.286 e. The lowest BCUT2D eigenvalue weighted by Gasteiger charge is -2.19. The summed E-state index contributed by atoms with van der Waals surface area (Å²) in [7, 11) is 0. The maximum absolute atomic E-state index is 12.3. The van der Waals surface area contributed by atoms with E-state index in [0.29, 0.717) is 11.5 Å². The number of hydrazine groups is 1. The number of hydrogen-bond donors (Lipinski definition) is 3. The third-order valence-corrected chi connectivity index (χ3v) is 3.86. The molecule has 0 radical (unpaired) electrons. The van der Waals surface area contributed by atoms with Crippen LogP contribution in [0.5, 0.6) is 0 Å². The molecule has 0 aromatic carbocycles. The van der Waals surface area contributed by atoms with Crippen molar-refractivity contribution in [2.45, 2.75) is 59.3 Å². The van der Waals surface area contributed by atoms with Gasteiger partial charge in [0.15, 0.2) is 0 Å². The minimum atomic E-state index is -0.525. The summed E-state index contributed by atoms with van der Waals surface area (Å²) >= 11 is 0. The highest BCUT2D eigenvalue weighted by Crippen LogP contribution is 2.12. The Labute approximate surface area is 148 Å². The molecule has 0 fully saturated rings. The lowest BCUT2D eigenvalue weighted by atomic mass is 10.0. The SMILES string of the molecule is CCCCCC(CN(O)C=O)C(=O)NNc1nnc(CC)c(CC)n1. The summed E-state index contributed by atoms with van der Waals surface area (Å²) in [6.45, 7) is 5.96. The monoisotopic (exact) mass is 352 g/mol. The molecule has 1 atom stereocenters. The first-order valence-electron chi connectivity index (χ1n) is 8.74. The molecule has 1 rings (SSSR count). The molecule has 0 aliphatic rings. The van der Waals surface area contributed by atoms with Crippen LogP contribution in [0.4, 0.5) is 5.95 Å². The van der Waals surface area contributed by atoms with Gasteiger partial charge >= 0.3 is 0 Å². The molecule has 9 nitrogen and oxygen atoms in total. The predicted molar refractivity (Wildman–Crippen MR) is 92.5 cm³/mol. The van der Waals surface area contributed by atoms with Gasteiger partial charge in [-0.3, -0.25) is 25.6 Å². The van der Waals surface area contributed by atoms with Crippen molar-refractivity contribution in [3.05, 3.63) is 11.4 Å². The smallest absolute Gasteiger partial charge is 0.261 e. The Morgan fingerprint density at radius 3 is 2.52 bits per heavy atom. The third-order valence-electron chi connectivity index (χ3n) is 3.86. The van der Waals surface area contributed by atoms with E-state index in [1.165, 1.54) is 0 Å². The fraction of sp³-hybridized carbons (Fsp3) is 0.688. The number of nitrogens with one attached hydrogen (secondary N) is 2. The molecule has 9 heteroatoms. The lowest BCUT2D eigenvalue weighted by molar-refractivity contribution is -0.154. The summed E-state index contributed by atoms with van der Waals surface area (Å²) in [6, 6.07) is 0. The fourth-order valence-electron chi connectivity index (χ4n) is 2.43. The second kappa shape index (κ2) is 11.3. The largest absolute Gasteiger partial charge is 0.286 e. The Bertz CT molecular complexity index is 555. The van der Waals surface area contributed by atoms with Gasteiger partial charge in [-0.05, 0) is 19.3 Å². The maximum Gasteiger partial charge on any atom is 0.261 e. The molecular formula is C16H28N6O3. The Kier molecular flexibility index (Phi) is 9.38. The van der Waals surface area contributed by atoms with Crippen LogP contribution in [0.3, 0.4) is 0 Å². The molecule has 0 spiro atoms. The van der Waals surface area contributed by atoms with Gasteiger partial charge in [0.2, 0.25) is 12.3 Å². The average molecular weight is 352 g/mol. The number of unbranched alkanes of at least 4 members (excludes halogenated alkanes) is 2. The van der Waals surface area contributed by atoms with Crippen molar-refractivity contribution in [2.24, 2.45) is 5.92 Å². The first-order valence-corrected chi connectivity index (χ1v) is 8.74. The van der Waals surface area contributed by atoms with E-state index < -0.39 is 5.92 Å². The maximum atomic E-state index is 12.3. The van der Waals surface area contributed by atoms with Crippen LogP contribution < -0.4 is 10.9 Å². The number of carbonyl (C=O) groups is 2. The van der Waals surface area contributed by atoms with Crippen LogP contribution in [0.25, 0.3) is 0 Å². The standard InChI is InChI=1S/C16H28N6O3/c1-4-7-8-9-12(10-22(25)11-23)15(24)19-21-16-17-13(5-2)14(6-3)18-20-16/h11-12,25H,4-10H2,1-3H3,(H,19,24)(H,17,20,21). The summed E-state index contributed by atoms with van der Waals surface area (Å²) in [4.78, 5) is 27.3. The van der Waals surface area contributed by atoms with E-state index in [1.807, 2.05) is 13.8 Å². The number of nitrogens with zero attached hydrogens (tertiary/aromatic N) is 4. The number of hydroxylamine groups is 2. The van der Waals surface area contributed by atoms with Gasteiger partial charge in [-0.25, -0.2) is 10.0 Å². The van der Waals surface area contributed by atoms with E-state index in [-0.39, 0.29) is 24.8 Å². The highest BCUT2D eigenvalue weighted by Gasteiger charge is 2.21. The molecule has 140 valence electrons. The molecule has 0 aliphatic heterocycles. The zero-order valence-corrected chi connectivity index (χ0v) is 15.2. The van der Waals surface area contributed by atoms with Crippen LogP contribution in [-0.2, 0) is 22.4 Å². The molecule has 3 N–H and O–H groups in total. The van der Waals surface area contributed by atoms with Gasteiger partial charge in [0.05, 0.1) is 23.9 Å². The van der Waals surface area contributed by atoms with Gasteiger partial charge in [-0.1, -0.05) is 40.0 Å². The molecule has 0 bridgehead atoms. The van der Waals surface area contributed by atoms with Crippen molar-refractivity contribution < 1.29 is 14.8 Å². The number of hydrogen-bond acceptors (Lipinski definition) is 7. The molecule has 1 aromatic heterocycles. The Morgan fingerprint density at radius 2 is 1.92 bits per heavy atom. The Balaban J connectivity index is 2.67. The van der Waals surface area contributed by atoms with E-state index in [4.69, 9.17) is 0 Å². The number of aromatic nitrogens is 3. The molecule has 0 saturated heterocycles. The molecule has 25 heavy (non-hydrogen) atoms. The normalized spacial score (nSPS) is 11.7. The zero-order chi connectivity index (χ0) is 18.7. The molecule has 0 saturated carbocycles. The lowest BCUT2D eigenvalue weighted by Crippen LogP contribution is -2.40. The predicted octanol–water partition coefficient (Wildman–Crippen LogP) is 1.48. The van der Waals surface area contributed by atoms with Crippen LogP contribution in [-0.4, -0.2) is 44.3 Å². The molecule has 1 unspecified atom stereocenters. The second-order valence-electron chi connectivity index (χ2n) is 5.77. The molecule has 2 amide bonds. The molecule has 1 heterocycles. The van der Waals surface area contributed by atoms with Gasteiger partial charge in [0.25, 0.3) is 5.95 Å². The molecular weight excluding hydrogens is 324 g/mol. The number of anilines is 1. The highest BCUT2D eigenvalue weighted by atomic mass is 16.5. The van der Waals surface area contributed by atoms with Crippen LogP contribution in [0.1, 0.15) is 57.8 Å². The van der Waals surface area contributed by atoms with Crippen LogP contribution in [0, 0.1) is 5.92 Å². The third kappa shape index (κ3) is 7.00. The van der Waals surface area contributed by atoms with Crippen LogP contribution in [0.2, 0.25) is 0 Å². The zero-order valence-electron chi connectivity index (χ0n) is 15.2. The van der Waals surface area contributed by atoms with E-state index in [1.54, 1.807) is 0 Å². The van der Waals surface area contributed by atoms with Crippen molar-refractivity contribution in [3.8, 4) is 0 Å². The number of amides is 2. The van der Waals surface area contributed by atoms with Crippen molar-refractivity contribution in [1.82, 2.24) is 25.7 Å². The average Bonchev–Trinajstić information content (AvgIpc) is 2.64. The quantitative estimate of drug-likeness (QED) is 0.225. The van der Waals surface area contributed by atoms with Crippen molar-refractivity contribution in [3.63, 3.8) is 0 Å². The van der Waals surface area contributed by atoms with E-state index >= 15 is 0 Å². The molecule has 1 aromatic rings. The van der Waals surface area contributed by atoms with Crippen molar-refractivity contribution >= 4 is 18.3 Å². The Hall–Kier alpha value is -2.29. The Morgan fingerprint density at radius 1 is 1.20 bits per heavy atom. The summed E-state index contributed by atoms with van der Waals surface area (Å²) in [5, 5.41) is 17.9. The van der Waals surface area contributed by atoms with Crippen molar-refractivity contribution in [2.75, 3.05) is 12.0 Å². The van der Waals surface area contributed by atoms with Gasteiger partial charge < -0.3 is 0 Å². The number of aryl methyl sites for hydroxylation is 2. The van der Waals surface area contributed by atoms with Crippen LogP contribution in [0.15, 0.2) is 0 Å². The van der Waals surface area contributed by atoms with E-state index in [2.05, 4.69) is 33.0 Å². The summed E-state index contributed by atoms with van der Waals surface area (Å²) in [5.74, 6) is -0.646. The minimum absolute atomic E-state index is 0.0607. The topological polar surface area (TPSA) is 120 Å². The van der Waals surface area contributed by atoms with Crippen LogP contribution >= 0.6 is 0 Å². The number of carbonyl (C=O) groups excluding carboxylic acids is 2. The summed E-state index contributed by atoms with van der Waals surface area (Å²) in [5.41, 5.74) is 6.86. The molecule has 0 aliphatic carbocycles. The number of rotatable bonds is 12.